The summed E-state index contributed by atoms with van der Waals surface area (Å²) in [5.41, 5.74) is 3.24. The summed E-state index contributed by atoms with van der Waals surface area (Å²) in [5.74, 6) is -0.237. The number of imide groups is 1. The standard InChI is InChI=1S/C20H27N3O3/c1-3-4-5-15-6-8-16(9-7-15)17(24)22-23-18(25)20(21-19(23)26)12-10-14(2)11-13-20/h6-9,14H,3-5,10-13H2,1-2H3,(H,21,26)(H,22,24). The van der Waals surface area contributed by atoms with Crippen molar-refractivity contribution in [3.05, 3.63) is 35.4 Å². The molecule has 1 aromatic rings. The molecule has 2 aliphatic rings. The number of hydrogen-bond donors (Lipinski definition) is 2. The number of rotatable bonds is 5. The van der Waals surface area contributed by atoms with Gasteiger partial charge in [0.1, 0.15) is 5.54 Å². The first-order valence-electron chi connectivity index (χ1n) is 9.52. The molecule has 1 saturated carbocycles. The second-order valence-corrected chi connectivity index (χ2v) is 7.58. The number of carbonyl (C=O) groups excluding carboxylic acids is 3. The van der Waals surface area contributed by atoms with Gasteiger partial charge in [0.15, 0.2) is 0 Å². The van der Waals surface area contributed by atoms with Crippen molar-refractivity contribution in [3.63, 3.8) is 0 Å². The Morgan fingerprint density at radius 3 is 2.50 bits per heavy atom. The van der Waals surface area contributed by atoms with Crippen molar-refractivity contribution in [3.8, 4) is 0 Å². The predicted octanol–water partition coefficient (Wildman–Crippen LogP) is 3.17. The molecule has 4 amide bonds. The second kappa shape index (κ2) is 7.48. The molecule has 0 aromatic heterocycles. The summed E-state index contributed by atoms with van der Waals surface area (Å²) in [6.45, 7) is 4.29. The number of hydrogen-bond acceptors (Lipinski definition) is 3. The molecule has 1 aliphatic carbocycles. The molecule has 0 radical (unpaired) electrons. The lowest BCUT2D eigenvalue weighted by Gasteiger charge is -2.33. The molecule has 1 aliphatic heterocycles. The number of nitrogens with zero attached hydrogens (tertiary/aromatic N) is 1. The lowest BCUT2D eigenvalue weighted by Crippen LogP contribution is -2.51. The lowest BCUT2D eigenvalue weighted by atomic mass is 9.77. The molecule has 2 fully saturated rings. The van der Waals surface area contributed by atoms with Crippen molar-refractivity contribution in [2.75, 3.05) is 0 Å². The second-order valence-electron chi connectivity index (χ2n) is 7.58. The first-order chi connectivity index (χ1) is 12.4. The van der Waals surface area contributed by atoms with Crippen LogP contribution >= 0.6 is 0 Å². The molecule has 0 bridgehead atoms. The molecule has 0 atom stereocenters. The highest BCUT2D eigenvalue weighted by Crippen LogP contribution is 2.35. The Morgan fingerprint density at radius 1 is 1.23 bits per heavy atom. The van der Waals surface area contributed by atoms with Gasteiger partial charge in [-0.25, -0.2) is 4.79 Å². The van der Waals surface area contributed by atoms with E-state index in [2.05, 4.69) is 24.6 Å². The molecule has 1 spiro atoms. The molecular weight excluding hydrogens is 330 g/mol. The van der Waals surface area contributed by atoms with Gasteiger partial charge >= 0.3 is 6.03 Å². The topological polar surface area (TPSA) is 78.5 Å². The molecule has 1 heterocycles. The first kappa shape index (κ1) is 18.4. The van der Waals surface area contributed by atoms with Crippen LogP contribution in [0.15, 0.2) is 24.3 Å². The highest BCUT2D eigenvalue weighted by molar-refractivity contribution is 6.09. The van der Waals surface area contributed by atoms with Crippen molar-refractivity contribution in [2.45, 2.75) is 64.3 Å². The van der Waals surface area contributed by atoms with Gasteiger partial charge in [0.2, 0.25) is 0 Å². The van der Waals surface area contributed by atoms with Gasteiger partial charge in [-0.15, -0.1) is 0 Å². The van der Waals surface area contributed by atoms with Crippen LogP contribution < -0.4 is 10.7 Å². The lowest BCUT2D eigenvalue weighted by molar-refractivity contribution is -0.134. The van der Waals surface area contributed by atoms with Gasteiger partial charge in [-0.05, 0) is 62.1 Å². The average Bonchev–Trinajstić information content (AvgIpc) is 2.87. The van der Waals surface area contributed by atoms with Gasteiger partial charge in [0.05, 0.1) is 0 Å². The van der Waals surface area contributed by atoms with E-state index in [0.29, 0.717) is 24.3 Å². The van der Waals surface area contributed by atoms with Crippen LogP contribution in [0.5, 0.6) is 0 Å². The van der Waals surface area contributed by atoms with Crippen LogP contribution in [-0.4, -0.2) is 28.4 Å². The van der Waals surface area contributed by atoms with E-state index in [-0.39, 0.29) is 5.91 Å². The number of hydrazine groups is 1. The summed E-state index contributed by atoms with van der Waals surface area (Å²) in [6.07, 6.45) is 6.24. The zero-order valence-electron chi connectivity index (χ0n) is 15.5. The molecule has 1 saturated heterocycles. The van der Waals surface area contributed by atoms with Crippen molar-refractivity contribution < 1.29 is 14.4 Å². The maximum absolute atomic E-state index is 12.8. The van der Waals surface area contributed by atoms with Crippen molar-refractivity contribution >= 4 is 17.8 Å². The Kier molecular flexibility index (Phi) is 5.30. The number of nitrogens with one attached hydrogen (secondary N) is 2. The number of amides is 4. The minimum atomic E-state index is -0.846. The van der Waals surface area contributed by atoms with E-state index in [9.17, 15) is 14.4 Å². The maximum Gasteiger partial charge on any atom is 0.344 e. The molecule has 2 N–H and O–H groups in total. The van der Waals surface area contributed by atoms with Crippen LogP contribution in [-0.2, 0) is 11.2 Å². The zero-order valence-corrected chi connectivity index (χ0v) is 15.5. The molecule has 6 nitrogen and oxygen atoms in total. The minimum absolute atomic E-state index is 0.345. The van der Waals surface area contributed by atoms with E-state index < -0.39 is 17.5 Å². The summed E-state index contributed by atoms with van der Waals surface area (Å²) < 4.78 is 0. The van der Waals surface area contributed by atoms with E-state index in [1.807, 2.05) is 12.1 Å². The monoisotopic (exact) mass is 357 g/mol. The van der Waals surface area contributed by atoms with Crippen LogP contribution in [0, 0.1) is 5.92 Å². The van der Waals surface area contributed by atoms with Crippen molar-refractivity contribution in [2.24, 2.45) is 5.92 Å². The predicted molar refractivity (Wildman–Crippen MR) is 98.3 cm³/mol. The third-order valence-electron chi connectivity index (χ3n) is 5.54. The molecule has 3 rings (SSSR count). The Labute approximate surface area is 154 Å². The fourth-order valence-electron chi connectivity index (χ4n) is 3.69. The smallest absolute Gasteiger partial charge is 0.322 e. The van der Waals surface area contributed by atoms with Gasteiger partial charge in [-0.3, -0.25) is 15.0 Å². The Bertz CT molecular complexity index is 691. The molecule has 6 heteroatoms. The van der Waals surface area contributed by atoms with Crippen LogP contribution in [0.4, 0.5) is 4.79 Å². The number of urea groups is 1. The molecule has 1 aromatic carbocycles. The van der Waals surface area contributed by atoms with Gasteiger partial charge in [-0.1, -0.05) is 32.4 Å². The van der Waals surface area contributed by atoms with Gasteiger partial charge in [-0.2, -0.15) is 5.01 Å². The van der Waals surface area contributed by atoms with Crippen LogP contribution in [0.3, 0.4) is 0 Å². The van der Waals surface area contributed by atoms with Crippen LogP contribution in [0.1, 0.15) is 68.3 Å². The first-order valence-corrected chi connectivity index (χ1v) is 9.52. The van der Waals surface area contributed by atoms with Crippen LogP contribution in [0.2, 0.25) is 0 Å². The average molecular weight is 357 g/mol. The summed E-state index contributed by atoms with van der Waals surface area (Å²) in [4.78, 5) is 37.5. The fourth-order valence-corrected chi connectivity index (χ4v) is 3.69. The fraction of sp³-hybridized carbons (Fsp3) is 0.550. The third kappa shape index (κ3) is 3.59. The van der Waals surface area contributed by atoms with Crippen molar-refractivity contribution in [1.82, 2.24) is 15.8 Å². The number of carbonyl (C=O) groups is 3. The van der Waals surface area contributed by atoms with E-state index in [1.165, 1.54) is 5.56 Å². The van der Waals surface area contributed by atoms with Gasteiger partial charge in [0, 0.05) is 5.56 Å². The number of aryl methyl sites for hydroxylation is 1. The molecule has 140 valence electrons. The quantitative estimate of drug-likeness (QED) is 0.795. The Hall–Kier alpha value is -2.37. The largest absolute Gasteiger partial charge is 0.344 e. The van der Waals surface area contributed by atoms with Gasteiger partial charge in [0.25, 0.3) is 11.8 Å². The normalized spacial score (nSPS) is 25.5. The summed E-state index contributed by atoms with van der Waals surface area (Å²) >= 11 is 0. The Morgan fingerprint density at radius 2 is 1.88 bits per heavy atom. The number of unbranched alkanes of at least 4 members (excludes halogenated alkanes) is 1. The SMILES string of the molecule is CCCCc1ccc(C(=O)NN2C(=O)NC3(CCC(C)CC3)C2=O)cc1. The Balaban J connectivity index is 1.65. The molecular formula is C20H27N3O3. The number of benzene rings is 1. The summed E-state index contributed by atoms with van der Waals surface area (Å²) in [6, 6.07) is 6.76. The van der Waals surface area contributed by atoms with E-state index in [0.717, 1.165) is 37.1 Å². The summed E-state index contributed by atoms with van der Waals surface area (Å²) in [7, 11) is 0. The molecule has 0 unspecified atom stereocenters. The van der Waals surface area contributed by atoms with E-state index >= 15 is 0 Å². The minimum Gasteiger partial charge on any atom is -0.322 e. The molecule has 26 heavy (non-hydrogen) atoms. The van der Waals surface area contributed by atoms with E-state index in [4.69, 9.17) is 0 Å². The zero-order chi connectivity index (χ0) is 18.7. The highest BCUT2D eigenvalue weighted by atomic mass is 16.2. The van der Waals surface area contributed by atoms with Crippen molar-refractivity contribution in [1.29, 1.82) is 0 Å². The van der Waals surface area contributed by atoms with Crippen LogP contribution in [0.25, 0.3) is 0 Å². The maximum atomic E-state index is 12.8. The highest BCUT2D eigenvalue weighted by Gasteiger charge is 2.52. The van der Waals surface area contributed by atoms with Gasteiger partial charge < -0.3 is 5.32 Å². The third-order valence-corrected chi connectivity index (χ3v) is 5.54. The summed E-state index contributed by atoms with van der Waals surface area (Å²) in [5, 5.41) is 3.65. The van der Waals surface area contributed by atoms with E-state index in [1.54, 1.807) is 12.1 Å².